The molecule has 1 N–H and O–H groups in total. The van der Waals surface area contributed by atoms with Gasteiger partial charge < -0.3 is 14.8 Å². The van der Waals surface area contributed by atoms with Crippen LogP contribution in [0, 0.1) is 13.8 Å². The van der Waals surface area contributed by atoms with Crippen LogP contribution in [0.4, 0.5) is 5.69 Å². The second kappa shape index (κ2) is 8.06. The average Bonchev–Trinajstić information content (AvgIpc) is 2.52. The summed E-state index contributed by atoms with van der Waals surface area (Å²) >= 11 is 3.55. The zero-order valence-electron chi connectivity index (χ0n) is 13.8. The average molecular weight is 376 g/mol. The number of methoxy groups -OCH3 is 1. The highest BCUT2D eigenvalue weighted by Gasteiger charge is 2.11. The minimum Gasteiger partial charge on any atom is -0.493 e. The van der Waals surface area contributed by atoms with Gasteiger partial charge in [-0.1, -0.05) is 30.4 Å². The number of ether oxygens (including phenoxy) is 2. The standard InChI is InChI=1S/C19H22BrNO2/c1-5-8-23-19-16(20)10-15(11-18(19)22-4)12-21-17-7-6-13(2)9-14(17)3/h5-7,9-11,21H,1,8,12H2,2-4H3. The van der Waals surface area contributed by atoms with E-state index in [1.54, 1.807) is 13.2 Å². The van der Waals surface area contributed by atoms with Gasteiger partial charge in [-0.25, -0.2) is 0 Å². The van der Waals surface area contributed by atoms with Gasteiger partial charge in [0.05, 0.1) is 11.6 Å². The van der Waals surface area contributed by atoms with Crippen LogP contribution in [0.15, 0.2) is 47.5 Å². The zero-order chi connectivity index (χ0) is 16.8. The molecule has 122 valence electrons. The van der Waals surface area contributed by atoms with Gasteiger partial charge in [0.15, 0.2) is 11.5 Å². The molecule has 23 heavy (non-hydrogen) atoms. The summed E-state index contributed by atoms with van der Waals surface area (Å²) < 4.78 is 12.0. The molecule has 0 amide bonds. The van der Waals surface area contributed by atoms with Crippen LogP contribution >= 0.6 is 15.9 Å². The summed E-state index contributed by atoms with van der Waals surface area (Å²) in [4.78, 5) is 0. The molecule has 0 heterocycles. The first kappa shape index (κ1) is 17.4. The first-order valence-electron chi connectivity index (χ1n) is 7.46. The van der Waals surface area contributed by atoms with E-state index in [4.69, 9.17) is 9.47 Å². The molecule has 4 heteroatoms. The van der Waals surface area contributed by atoms with Gasteiger partial charge in [0.2, 0.25) is 0 Å². The van der Waals surface area contributed by atoms with Crippen LogP contribution in [0.1, 0.15) is 16.7 Å². The van der Waals surface area contributed by atoms with Crippen LogP contribution in [-0.4, -0.2) is 13.7 Å². The summed E-state index contributed by atoms with van der Waals surface area (Å²) in [7, 11) is 1.64. The molecule has 0 unspecified atom stereocenters. The van der Waals surface area contributed by atoms with Gasteiger partial charge in [0, 0.05) is 12.2 Å². The molecule has 2 rings (SSSR count). The van der Waals surface area contributed by atoms with Crippen molar-refractivity contribution >= 4 is 21.6 Å². The summed E-state index contributed by atoms with van der Waals surface area (Å²) in [5, 5.41) is 3.46. The van der Waals surface area contributed by atoms with Crippen LogP contribution in [0.3, 0.4) is 0 Å². The third-order valence-corrected chi connectivity index (χ3v) is 4.09. The summed E-state index contributed by atoms with van der Waals surface area (Å²) in [6.07, 6.45) is 1.71. The molecule has 0 spiro atoms. The monoisotopic (exact) mass is 375 g/mol. The number of aryl methyl sites for hydroxylation is 2. The van der Waals surface area contributed by atoms with E-state index < -0.39 is 0 Å². The summed E-state index contributed by atoms with van der Waals surface area (Å²) in [5.74, 6) is 1.40. The lowest BCUT2D eigenvalue weighted by molar-refractivity contribution is 0.324. The van der Waals surface area contributed by atoms with Gasteiger partial charge in [-0.2, -0.15) is 0 Å². The maximum absolute atomic E-state index is 5.65. The minimum atomic E-state index is 0.440. The Morgan fingerprint density at radius 1 is 1.22 bits per heavy atom. The van der Waals surface area contributed by atoms with Gasteiger partial charge in [0.25, 0.3) is 0 Å². The van der Waals surface area contributed by atoms with Crippen molar-refractivity contribution in [2.75, 3.05) is 19.0 Å². The topological polar surface area (TPSA) is 30.5 Å². The molecule has 0 aromatic heterocycles. The molecule has 0 aliphatic rings. The lowest BCUT2D eigenvalue weighted by Gasteiger charge is -2.15. The second-order valence-corrected chi connectivity index (χ2v) is 6.23. The quantitative estimate of drug-likeness (QED) is 0.670. The normalized spacial score (nSPS) is 10.3. The third kappa shape index (κ3) is 4.52. The summed E-state index contributed by atoms with van der Waals surface area (Å²) in [5.41, 5.74) is 4.75. The maximum Gasteiger partial charge on any atom is 0.175 e. The Kier molecular flexibility index (Phi) is 6.11. The molecule has 0 fully saturated rings. The Bertz CT molecular complexity index is 698. The highest BCUT2D eigenvalue weighted by molar-refractivity contribution is 9.10. The minimum absolute atomic E-state index is 0.440. The Morgan fingerprint density at radius 2 is 2.00 bits per heavy atom. The van der Waals surface area contributed by atoms with E-state index in [0.717, 1.165) is 15.7 Å². The van der Waals surface area contributed by atoms with Crippen LogP contribution in [0.2, 0.25) is 0 Å². The number of rotatable bonds is 7. The molecular weight excluding hydrogens is 354 g/mol. The van der Waals surface area contributed by atoms with E-state index in [-0.39, 0.29) is 0 Å². The van der Waals surface area contributed by atoms with Crippen molar-refractivity contribution in [1.29, 1.82) is 0 Å². The van der Waals surface area contributed by atoms with Gasteiger partial charge in [-0.3, -0.25) is 0 Å². The molecule has 3 nitrogen and oxygen atoms in total. The fourth-order valence-electron chi connectivity index (χ4n) is 2.37. The van der Waals surface area contributed by atoms with E-state index in [9.17, 15) is 0 Å². The summed E-state index contributed by atoms with van der Waals surface area (Å²) in [6, 6.07) is 10.4. The smallest absolute Gasteiger partial charge is 0.175 e. The number of halogens is 1. The first-order chi connectivity index (χ1) is 11.0. The molecule has 0 radical (unpaired) electrons. The molecule has 2 aromatic rings. The molecule has 0 saturated heterocycles. The van der Waals surface area contributed by atoms with Gasteiger partial charge in [0.1, 0.15) is 6.61 Å². The number of hydrogen-bond donors (Lipinski definition) is 1. The Balaban J connectivity index is 2.16. The lowest BCUT2D eigenvalue weighted by Crippen LogP contribution is -2.03. The highest BCUT2D eigenvalue weighted by atomic mass is 79.9. The second-order valence-electron chi connectivity index (χ2n) is 5.38. The maximum atomic E-state index is 5.65. The van der Waals surface area contributed by atoms with E-state index in [2.05, 4.69) is 59.9 Å². The van der Waals surface area contributed by atoms with Gasteiger partial charge >= 0.3 is 0 Å². The number of anilines is 1. The Labute approximate surface area is 146 Å². The van der Waals surface area contributed by atoms with Crippen LogP contribution in [-0.2, 0) is 6.54 Å². The van der Waals surface area contributed by atoms with Crippen molar-refractivity contribution < 1.29 is 9.47 Å². The van der Waals surface area contributed by atoms with Crippen molar-refractivity contribution in [3.63, 3.8) is 0 Å². The van der Waals surface area contributed by atoms with Crippen molar-refractivity contribution in [3.8, 4) is 11.5 Å². The largest absolute Gasteiger partial charge is 0.493 e. The predicted molar refractivity (Wildman–Crippen MR) is 99.6 cm³/mol. The van der Waals surface area contributed by atoms with Crippen LogP contribution < -0.4 is 14.8 Å². The molecule has 0 aliphatic heterocycles. The molecule has 0 aliphatic carbocycles. The van der Waals surface area contributed by atoms with Crippen LogP contribution in [0.25, 0.3) is 0 Å². The summed E-state index contributed by atoms with van der Waals surface area (Å²) in [6.45, 7) is 9.02. The van der Waals surface area contributed by atoms with Crippen molar-refractivity contribution in [2.45, 2.75) is 20.4 Å². The first-order valence-corrected chi connectivity index (χ1v) is 8.25. The molecular formula is C19H22BrNO2. The van der Waals surface area contributed by atoms with E-state index in [0.29, 0.717) is 24.7 Å². The van der Waals surface area contributed by atoms with Crippen molar-refractivity contribution in [2.24, 2.45) is 0 Å². The lowest BCUT2D eigenvalue weighted by atomic mass is 10.1. The SMILES string of the molecule is C=CCOc1c(Br)cc(CNc2ccc(C)cc2C)cc1OC. The predicted octanol–water partition coefficient (Wildman–Crippen LogP) is 5.25. The number of benzene rings is 2. The zero-order valence-corrected chi connectivity index (χ0v) is 15.4. The van der Waals surface area contributed by atoms with Crippen molar-refractivity contribution in [3.05, 3.63) is 64.1 Å². The molecule has 2 aromatic carbocycles. The number of hydrogen-bond acceptors (Lipinski definition) is 3. The van der Waals surface area contributed by atoms with E-state index in [1.165, 1.54) is 11.1 Å². The Morgan fingerprint density at radius 3 is 2.65 bits per heavy atom. The van der Waals surface area contributed by atoms with Gasteiger partial charge in [-0.15, -0.1) is 0 Å². The van der Waals surface area contributed by atoms with E-state index in [1.807, 2.05) is 12.1 Å². The van der Waals surface area contributed by atoms with Gasteiger partial charge in [-0.05, 0) is 59.1 Å². The number of nitrogens with one attached hydrogen (secondary N) is 1. The fourth-order valence-corrected chi connectivity index (χ4v) is 2.97. The fraction of sp³-hybridized carbons (Fsp3) is 0.263. The van der Waals surface area contributed by atoms with Crippen LogP contribution in [0.5, 0.6) is 11.5 Å². The molecule has 0 bridgehead atoms. The molecule has 0 saturated carbocycles. The highest BCUT2D eigenvalue weighted by Crippen LogP contribution is 2.37. The Hall–Kier alpha value is -1.94. The third-order valence-electron chi connectivity index (χ3n) is 3.50. The van der Waals surface area contributed by atoms with E-state index >= 15 is 0 Å². The van der Waals surface area contributed by atoms with Crippen molar-refractivity contribution in [1.82, 2.24) is 0 Å². The molecule has 0 atom stereocenters.